The Morgan fingerprint density at radius 1 is 1.27 bits per heavy atom. The molecule has 2 aliphatic carbocycles. The van der Waals surface area contributed by atoms with E-state index in [0.717, 1.165) is 12.8 Å². The van der Waals surface area contributed by atoms with Crippen molar-refractivity contribution in [2.45, 2.75) is 60.3 Å². The van der Waals surface area contributed by atoms with Gasteiger partial charge in [-0.15, -0.1) is 0 Å². The van der Waals surface area contributed by atoms with Crippen LogP contribution < -0.4 is 0 Å². The van der Waals surface area contributed by atoms with Crippen molar-refractivity contribution in [1.29, 1.82) is 5.26 Å². The highest BCUT2D eigenvalue weighted by Crippen LogP contribution is 2.37. The zero-order chi connectivity index (χ0) is 16.3. The van der Waals surface area contributed by atoms with E-state index >= 15 is 0 Å². The summed E-state index contributed by atoms with van der Waals surface area (Å²) >= 11 is 7.10. The van der Waals surface area contributed by atoms with E-state index in [9.17, 15) is 20.5 Å². The third kappa shape index (κ3) is 4.30. The van der Waals surface area contributed by atoms with E-state index in [0.29, 0.717) is 36.1 Å². The molecule has 0 unspecified atom stereocenters. The summed E-state index contributed by atoms with van der Waals surface area (Å²) in [7, 11) is 0. The van der Waals surface area contributed by atoms with Crippen molar-refractivity contribution >= 4 is 31.9 Å². The van der Waals surface area contributed by atoms with Gasteiger partial charge in [0.1, 0.15) is 0 Å². The van der Waals surface area contributed by atoms with Crippen LogP contribution in [0.3, 0.4) is 0 Å². The fraction of sp³-hybridized carbons (Fsp3) is 0.800. The minimum absolute atomic E-state index is 0.0250. The van der Waals surface area contributed by atoms with Crippen LogP contribution in [0.5, 0.6) is 0 Å². The number of nitro groups is 1. The highest BCUT2D eigenvalue weighted by Gasteiger charge is 2.35. The molecule has 0 aliphatic heterocycles. The van der Waals surface area contributed by atoms with Crippen LogP contribution >= 0.6 is 31.9 Å². The van der Waals surface area contributed by atoms with Gasteiger partial charge in [0.05, 0.1) is 12.2 Å². The SMILES string of the molecule is N#C/C(=C/[C@@H]1C[C@H](Br)C[C@H](Br)[C@@H]1O)C1CCC([N+](=O)[O-])CC1. The maximum absolute atomic E-state index is 10.8. The fourth-order valence-electron chi connectivity index (χ4n) is 3.44. The highest BCUT2D eigenvalue weighted by molar-refractivity contribution is 9.10. The average molecular weight is 436 g/mol. The van der Waals surface area contributed by atoms with Crippen molar-refractivity contribution in [2.75, 3.05) is 0 Å². The van der Waals surface area contributed by atoms with E-state index < -0.39 is 12.1 Å². The second-order valence-corrected chi connectivity index (χ2v) is 8.73. The number of rotatable bonds is 3. The summed E-state index contributed by atoms with van der Waals surface area (Å²) in [6.07, 6.45) is 5.51. The Labute approximate surface area is 147 Å². The molecule has 2 saturated carbocycles. The summed E-state index contributed by atoms with van der Waals surface area (Å²) in [6.45, 7) is 0. The second kappa shape index (κ2) is 7.89. The third-order valence-electron chi connectivity index (χ3n) is 4.78. The van der Waals surface area contributed by atoms with Gasteiger partial charge in [-0.2, -0.15) is 5.26 Å². The molecule has 0 bridgehead atoms. The number of hydrogen-bond donors (Lipinski definition) is 1. The third-order valence-corrected chi connectivity index (χ3v) is 6.44. The molecular formula is C15H20Br2N2O3. The van der Waals surface area contributed by atoms with Gasteiger partial charge in [0, 0.05) is 38.9 Å². The maximum Gasteiger partial charge on any atom is 0.213 e. The normalized spacial score (nSPS) is 40.0. The molecule has 1 N–H and O–H groups in total. The number of aliphatic hydroxyl groups excluding tert-OH is 1. The molecule has 0 saturated heterocycles. The molecule has 4 atom stereocenters. The first-order chi connectivity index (χ1) is 10.4. The fourth-order valence-corrected chi connectivity index (χ4v) is 5.62. The Bertz CT molecular complexity index is 484. The summed E-state index contributed by atoms with van der Waals surface area (Å²) < 4.78 is 0. The summed E-state index contributed by atoms with van der Waals surface area (Å²) in [6, 6.07) is 1.80. The largest absolute Gasteiger partial charge is 0.391 e. The molecule has 0 aromatic rings. The molecule has 0 aromatic carbocycles. The second-order valence-electron chi connectivity index (χ2n) is 6.26. The molecule has 5 nitrogen and oxygen atoms in total. The van der Waals surface area contributed by atoms with Crippen LogP contribution in [0.25, 0.3) is 0 Å². The first kappa shape index (κ1) is 17.9. The molecule has 2 rings (SSSR count). The lowest BCUT2D eigenvalue weighted by atomic mass is 9.78. The van der Waals surface area contributed by atoms with Gasteiger partial charge in [-0.1, -0.05) is 37.9 Å². The van der Waals surface area contributed by atoms with Gasteiger partial charge in [0.25, 0.3) is 0 Å². The van der Waals surface area contributed by atoms with Crippen molar-refractivity contribution in [3.63, 3.8) is 0 Å². The van der Waals surface area contributed by atoms with E-state index in [1.807, 2.05) is 6.08 Å². The number of nitrogens with zero attached hydrogens (tertiary/aromatic N) is 2. The summed E-state index contributed by atoms with van der Waals surface area (Å²) in [5, 5.41) is 30.6. The molecule has 2 aliphatic rings. The van der Waals surface area contributed by atoms with Crippen molar-refractivity contribution < 1.29 is 10.0 Å². The topological polar surface area (TPSA) is 87.2 Å². The molecule has 0 radical (unpaired) electrons. The lowest BCUT2D eigenvalue weighted by Crippen LogP contribution is -2.37. The van der Waals surface area contributed by atoms with Crippen LogP contribution in [-0.4, -0.2) is 31.8 Å². The summed E-state index contributed by atoms with van der Waals surface area (Å²) in [5.74, 6) is 0.0447. The van der Waals surface area contributed by atoms with Crippen LogP contribution in [0.4, 0.5) is 0 Å². The van der Waals surface area contributed by atoms with Crippen LogP contribution in [0.1, 0.15) is 38.5 Å². The molecule has 0 aromatic heterocycles. The Kier molecular flexibility index (Phi) is 6.42. The van der Waals surface area contributed by atoms with E-state index in [1.165, 1.54) is 0 Å². The van der Waals surface area contributed by atoms with Gasteiger partial charge in [-0.25, -0.2) is 0 Å². The minimum atomic E-state index is -0.493. The zero-order valence-corrected chi connectivity index (χ0v) is 15.4. The first-order valence-corrected chi connectivity index (χ1v) is 9.47. The van der Waals surface area contributed by atoms with Crippen molar-refractivity contribution in [1.82, 2.24) is 0 Å². The molecular weight excluding hydrogens is 416 g/mol. The standard InChI is InChI=1S/C15H20Br2N2O3/c16-12-6-10(15(20)14(17)7-12)5-11(8-18)9-1-3-13(4-2-9)19(21)22/h5,9-10,12-15,20H,1-4,6-7H2/b11-5-/t9?,10-,12+,13?,14+,15-/m1/s1. The van der Waals surface area contributed by atoms with Gasteiger partial charge in [0.2, 0.25) is 6.04 Å². The first-order valence-electron chi connectivity index (χ1n) is 7.63. The minimum Gasteiger partial charge on any atom is -0.391 e. The average Bonchev–Trinajstić information content (AvgIpc) is 2.49. The number of halogens is 2. The molecule has 22 heavy (non-hydrogen) atoms. The molecule has 2 fully saturated rings. The summed E-state index contributed by atoms with van der Waals surface area (Å²) in [4.78, 5) is 11.0. The monoisotopic (exact) mass is 434 g/mol. The van der Waals surface area contributed by atoms with E-state index in [2.05, 4.69) is 37.9 Å². The van der Waals surface area contributed by atoms with Crippen LogP contribution in [0.15, 0.2) is 11.6 Å². The van der Waals surface area contributed by atoms with Gasteiger partial charge in [0.15, 0.2) is 0 Å². The smallest absolute Gasteiger partial charge is 0.213 e. The van der Waals surface area contributed by atoms with Gasteiger partial charge in [-0.3, -0.25) is 10.1 Å². The predicted molar refractivity (Wildman–Crippen MR) is 90.6 cm³/mol. The van der Waals surface area contributed by atoms with Crippen molar-refractivity contribution in [3.8, 4) is 6.07 Å². The molecule has 0 spiro atoms. The number of alkyl halides is 2. The quantitative estimate of drug-likeness (QED) is 0.317. The van der Waals surface area contributed by atoms with Crippen LogP contribution in [0.2, 0.25) is 0 Å². The van der Waals surface area contributed by atoms with Crippen LogP contribution in [-0.2, 0) is 0 Å². The molecule has 0 amide bonds. The number of allylic oxidation sites excluding steroid dienone is 1. The highest BCUT2D eigenvalue weighted by atomic mass is 79.9. The van der Waals surface area contributed by atoms with Crippen molar-refractivity contribution in [2.24, 2.45) is 11.8 Å². The number of aliphatic hydroxyl groups is 1. The van der Waals surface area contributed by atoms with Crippen LogP contribution in [0, 0.1) is 33.3 Å². The lowest BCUT2D eigenvalue weighted by Gasteiger charge is -2.34. The number of hydrogen-bond acceptors (Lipinski definition) is 4. The van der Waals surface area contributed by atoms with Crippen molar-refractivity contribution in [3.05, 3.63) is 21.8 Å². The molecule has 0 heterocycles. The summed E-state index contributed by atoms with van der Waals surface area (Å²) in [5.41, 5.74) is 0.687. The van der Waals surface area contributed by atoms with Gasteiger partial charge >= 0.3 is 0 Å². The Morgan fingerprint density at radius 2 is 1.91 bits per heavy atom. The van der Waals surface area contributed by atoms with E-state index in [1.54, 1.807) is 0 Å². The van der Waals surface area contributed by atoms with Gasteiger partial charge in [-0.05, 0) is 31.6 Å². The predicted octanol–water partition coefficient (Wildman–Crippen LogP) is 3.57. The van der Waals surface area contributed by atoms with Gasteiger partial charge < -0.3 is 5.11 Å². The maximum atomic E-state index is 10.8. The number of nitriles is 1. The molecule has 122 valence electrons. The lowest BCUT2D eigenvalue weighted by molar-refractivity contribution is -0.526. The Balaban J connectivity index is 2.05. The molecule has 7 heteroatoms. The Hall–Kier alpha value is -0.450. The van der Waals surface area contributed by atoms with E-state index in [-0.39, 0.29) is 21.6 Å². The Morgan fingerprint density at radius 3 is 2.45 bits per heavy atom. The zero-order valence-electron chi connectivity index (χ0n) is 12.2. The van der Waals surface area contributed by atoms with E-state index in [4.69, 9.17) is 0 Å².